The number of hydrogen-bond donors (Lipinski definition) is 1. The van der Waals surface area contributed by atoms with Gasteiger partial charge in [0, 0.05) is 16.9 Å². The Labute approximate surface area is 168 Å². The summed E-state index contributed by atoms with van der Waals surface area (Å²) in [6.07, 6.45) is 2.02. The van der Waals surface area contributed by atoms with E-state index in [9.17, 15) is 9.59 Å². The first-order valence-electron chi connectivity index (χ1n) is 9.63. The molecule has 0 saturated carbocycles. The maximum atomic E-state index is 13.2. The molecule has 1 atom stereocenters. The van der Waals surface area contributed by atoms with E-state index >= 15 is 0 Å². The highest BCUT2D eigenvalue weighted by Crippen LogP contribution is 2.39. The highest BCUT2D eigenvalue weighted by molar-refractivity contribution is 7.14. The molecule has 1 aliphatic heterocycles. The van der Waals surface area contributed by atoms with Gasteiger partial charge in [0.05, 0.1) is 22.2 Å². The molecule has 0 unspecified atom stereocenters. The summed E-state index contributed by atoms with van der Waals surface area (Å²) < 4.78 is 1.74. The first-order valence-corrected chi connectivity index (χ1v) is 10.4. The molecule has 6 heteroatoms. The Balaban J connectivity index is 1.77. The van der Waals surface area contributed by atoms with E-state index in [-0.39, 0.29) is 18.1 Å². The topological polar surface area (TPSA) is 64.0 Å². The second-order valence-electron chi connectivity index (χ2n) is 7.07. The Morgan fingerprint density at radius 1 is 1.18 bits per heavy atom. The summed E-state index contributed by atoms with van der Waals surface area (Å²) in [4.78, 5) is 27.5. The van der Waals surface area contributed by atoms with Crippen LogP contribution >= 0.6 is 11.3 Å². The molecule has 28 heavy (non-hydrogen) atoms. The summed E-state index contributed by atoms with van der Waals surface area (Å²) in [6, 6.07) is 12.0. The number of nitrogens with one attached hydrogen (secondary N) is 1. The van der Waals surface area contributed by atoms with Crippen LogP contribution in [0.2, 0.25) is 0 Å². The van der Waals surface area contributed by atoms with Crippen LogP contribution in [0.1, 0.15) is 57.6 Å². The van der Waals surface area contributed by atoms with E-state index in [0.717, 1.165) is 29.8 Å². The zero-order chi connectivity index (χ0) is 19.8. The molecule has 1 N–H and O–H groups in total. The Morgan fingerprint density at radius 2 is 1.93 bits per heavy atom. The average molecular weight is 394 g/mol. The van der Waals surface area contributed by atoms with Crippen LogP contribution in [0.25, 0.3) is 5.69 Å². The number of Topliss-reactive ketones (excluding diaryl/α,β-unsaturated/α-hetero) is 1. The van der Waals surface area contributed by atoms with Crippen LogP contribution in [-0.2, 0) is 17.6 Å². The average Bonchev–Trinajstić information content (AvgIpc) is 3.32. The van der Waals surface area contributed by atoms with Crippen LogP contribution in [0.5, 0.6) is 0 Å². The van der Waals surface area contributed by atoms with Gasteiger partial charge in [-0.15, -0.1) is 11.3 Å². The molecule has 1 amide bonds. The number of anilines is 1. The SMILES string of the molecule is CCc1ccc(-n2nc(C)c3c2NC(=O)C[C@H]3C(=O)c2ccc(CC)s2)cc1. The number of amides is 1. The second-order valence-corrected chi connectivity index (χ2v) is 8.24. The van der Waals surface area contributed by atoms with Crippen LogP contribution in [0.15, 0.2) is 36.4 Å². The number of aromatic nitrogens is 2. The van der Waals surface area contributed by atoms with Crippen LogP contribution in [-0.4, -0.2) is 21.5 Å². The van der Waals surface area contributed by atoms with Crippen molar-refractivity contribution in [3.63, 3.8) is 0 Å². The lowest BCUT2D eigenvalue weighted by Crippen LogP contribution is -2.28. The molecule has 144 valence electrons. The van der Waals surface area contributed by atoms with Crippen LogP contribution < -0.4 is 5.32 Å². The summed E-state index contributed by atoms with van der Waals surface area (Å²) in [5.74, 6) is -0.0198. The molecule has 0 fully saturated rings. The summed E-state index contributed by atoms with van der Waals surface area (Å²) in [5, 5.41) is 7.60. The Morgan fingerprint density at radius 3 is 2.57 bits per heavy atom. The molecule has 0 spiro atoms. The molecule has 0 saturated heterocycles. The Bertz CT molecular complexity index is 1050. The van der Waals surface area contributed by atoms with E-state index in [0.29, 0.717) is 10.7 Å². The number of nitrogens with zero attached hydrogens (tertiary/aromatic N) is 2. The van der Waals surface area contributed by atoms with Gasteiger partial charge in [0.25, 0.3) is 0 Å². The molecule has 0 bridgehead atoms. The van der Waals surface area contributed by atoms with Gasteiger partial charge < -0.3 is 5.32 Å². The van der Waals surface area contributed by atoms with Crippen molar-refractivity contribution in [1.82, 2.24) is 9.78 Å². The minimum Gasteiger partial charge on any atom is -0.310 e. The van der Waals surface area contributed by atoms with Gasteiger partial charge in [-0.05, 0) is 49.6 Å². The molecule has 2 aromatic heterocycles. The molecule has 4 rings (SSSR count). The highest BCUT2D eigenvalue weighted by Gasteiger charge is 2.36. The van der Waals surface area contributed by atoms with Gasteiger partial charge in [0.2, 0.25) is 5.91 Å². The van der Waals surface area contributed by atoms with Crippen molar-refractivity contribution in [2.45, 2.75) is 46.0 Å². The number of benzene rings is 1. The second kappa shape index (κ2) is 7.36. The normalized spacial score (nSPS) is 16.0. The van der Waals surface area contributed by atoms with Crippen molar-refractivity contribution in [3.8, 4) is 5.69 Å². The smallest absolute Gasteiger partial charge is 0.226 e. The molecule has 3 heterocycles. The van der Waals surface area contributed by atoms with Crippen molar-refractivity contribution in [2.24, 2.45) is 0 Å². The van der Waals surface area contributed by atoms with Crippen molar-refractivity contribution in [1.29, 1.82) is 0 Å². The summed E-state index contributed by atoms with van der Waals surface area (Å²) in [6.45, 7) is 6.09. The minimum absolute atomic E-state index is 0.00443. The summed E-state index contributed by atoms with van der Waals surface area (Å²) in [7, 11) is 0. The third kappa shape index (κ3) is 3.18. The van der Waals surface area contributed by atoms with Crippen LogP contribution in [0.4, 0.5) is 5.82 Å². The standard InChI is InChI=1S/C22H23N3O2S/c1-4-14-6-8-15(9-7-14)25-22-20(13(3)24-25)17(12-19(26)23-22)21(27)18-11-10-16(5-2)28-18/h6-11,17H,4-5,12H2,1-3H3,(H,23,26)/t17-/m1/s1. The molecule has 0 aliphatic carbocycles. The van der Waals surface area contributed by atoms with Crippen LogP contribution in [0, 0.1) is 6.92 Å². The molecule has 0 radical (unpaired) electrons. The van der Waals surface area contributed by atoms with Gasteiger partial charge in [-0.3, -0.25) is 9.59 Å². The number of aryl methyl sites for hydroxylation is 3. The predicted molar refractivity (Wildman–Crippen MR) is 112 cm³/mol. The van der Waals surface area contributed by atoms with E-state index in [1.807, 2.05) is 31.2 Å². The summed E-state index contributed by atoms with van der Waals surface area (Å²) in [5.41, 5.74) is 3.72. The zero-order valence-electron chi connectivity index (χ0n) is 16.3. The fourth-order valence-corrected chi connectivity index (χ4v) is 4.64. The molecular weight excluding hydrogens is 370 g/mol. The molecular formula is C22H23N3O2S. The van der Waals surface area contributed by atoms with E-state index in [4.69, 9.17) is 0 Å². The maximum Gasteiger partial charge on any atom is 0.226 e. The first-order chi connectivity index (χ1) is 13.5. The number of ketones is 1. The quantitative estimate of drug-likeness (QED) is 0.641. The molecule has 3 aromatic rings. The lowest BCUT2D eigenvalue weighted by molar-refractivity contribution is -0.116. The molecule has 1 aliphatic rings. The third-order valence-corrected chi connectivity index (χ3v) is 6.51. The van der Waals surface area contributed by atoms with Gasteiger partial charge in [-0.25, -0.2) is 4.68 Å². The lowest BCUT2D eigenvalue weighted by Gasteiger charge is -2.22. The van der Waals surface area contributed by atoms with Gasteiger partial charge in [0.1, 0.15) is 5.82 Å². The fraction of sp³-hybridized carbons (Fsp3) is 0.318. The van der Waals surface area contributed by atoms with Gasteiger partial charge in [-0.2, -0.15) is 5.10 Å². The van der Waals surface area contributed by atoms with Crippen molar-refractivity contribution in [2.75, 3.05) is 5.32 Å². The Hall–Kier alpha value is -2.73. The number of rotatable bonds is 5. The van der Waals surface area contributed by atoms with Crippen molar-refractivity contribution < 1.29 is 9.59 Å². The van der Waals surface area contributed by atoms with Gasteiger partial charge in [-0.1, -0.05) is 26.0 Å². The predicted octanol–water partition coefficient (Wildman–Crippen LogP) is 4.68. The molecule has 5 nitrogen and oxygen atoms in total. The number of carbonyl (C=O) groups excluding carboxylic acids is 2. The van der Waals surface area contributed by atoms with Gasteiger partial charge in [0.15, 0.2) is 5.78 Å². The van der Waals surface area contributed by atoms with Crippen molar-refractivity contribution >= 4 is 28.8 Å². The lowest BCUT2D eigenvalue weighted by atomic mass is 9.87. The van der Waals surface area contributed by atoms with E-state index < -0.39 is 5.92 Å². The van der Waals surface area contributed by atoms with Crippen LogP contribution in [0.3, 0.4) is 0 Å². The maximum absolute atomic E-state index is 13.2. The molecule has 1 aromatic carbocycles. The number of thiophene rings is 1. The summed E-state index contributed by atoms with van der Waals surface area (Å²) >= 11 is 1.52. The van der Waals surface area contributed by atoms with E-state index in [2.05, 4.69) is 36.4 Å². The minimum atomic E-state index is -0.490. The largest absolute Gasteiger partial charge is 0.310 e. The fourth-order valence-electron chi connectivity index (χ4n) is 3.70. The Kier molecular flexibility index (Phi) is 4.89. The number of hydrogen-bond acceptors (Lipinski definition) is 4. The number of fused-ring (bicyclic) bond motifs is 1. The van der Waals surface area contributed by atoms with Gasteiger partial charge >= 0.3 is 0 Å². The first kappa shape index (κ1) is 18.6. The van der Waals surface area contributed by atoms with E-state index in [1.165, 1.54) is 21.8 Å². The highest BCUT2D eigenvalue weighted by atomic mass is 32.1. The number of carbonyl (C=O) groups is 2. The van der Waals surface area contributed by atoms with E-state index in [1.54, 1.807) is 4.68 Å². The van der Waals surface area contributed by atoms with Crippen molar-refractivity contribution in [3.05, 3.63) is 63.0 Å². The monoisotopic (exact) mass is 393 g/mol. The third-order valence-electron chi connectivity index (χ3n) is 5.26. The zero-order valence-corrected chi connectivity index (χ0v) is 17.1.